The van der Waals surface area contributed by atoms with Gasteiger partial charge in [-0.1, -0.05) is 60.2 Å². The van der Waals surface area contributed by atoms with Crippen LogP contribution in [-0.4, -0.2) is 56.9 Å². The Morgan fingerprint density at radius 3 is 2.56 bits per heavy atom. The van der Waals surface area contributed by atoms with Crippen molar-refractivity contribution in [1.29, 1.82) is 0 Å². The molecule has 8 nitrogen and oxygen atoms in total. The van der Waals surface area contributed by atoms with Gasteiger partial charge in [-0.25, -0.2) is 19.9 Å². The van der Waals surface area contributed by atoms with Crippen molar-refractivity contribution in [2.75, 3.05) is 36.8 Å². The maximum absolute atomic E-state index is 13.6. The van der Waals surface area contributed by atoms with E-state index in [1.165, 1.54) is 30.6 Å². The monoisotopic (exact) mass is 535 g/mol. The maximum atomic E-state index is 13.6. The molecule has 0 unspecified atom stereocenters. The number of aromatic nitrogens is 4. The fourth-order valence-corrected chi connectivity index (χ4v) is 5.69. The zero-order valence-electron chi connectivity index (χ0n) is 21.5. The number of para-hydroxylation sites is 1. The van der Waals surface area contributed by atoms with Crippen LogP contribution in [0.5, 0.6) is 0 Å². The van der Waals surface area contributed by atoms with Crippen molar-refractivity contribution in [2.24, 2.45) is 0 Å². The average Bonchev–Trinajstić information content (AvgIpc) is 3.43. The lowest BCUT2D eigenvalue weighted by atomic mass is 10.1. The Balaban J connectivity index is 1.26. The van der Waals surface area contributed by atoms with Gasteiger partial charge in [-0.3, -0.25) is 4.79 Å². The van der Waals surface area contributed by atoms with E-state index in [0.717, 1.165) is 52.7 Å². The molecule has 0 spiro atoms. The number of fused-ring (bicyclic) bond motifs is 1. The van der Waals surface area contributed by atoms with Gasteiger partial charge in [0.1, 0.15) is 26.9 Å². The number of carbonyl (C=O) groups excluding carboxylic acids is 1. The van der Waals surface area contributed by atoms with Gasteiger partial charge in [0.25, 0.3) is 5.91 Å². The van der Waals surface area contributed by atoms with Crippen LogP contribution in [0.3, 0.4) is 0 Å². The Labute approximate surface area is 231 Å². The quantitative estimate of drug-likeness (QED) is 0.253. The summed E-state index contributed by atoms with van der Waals surface area (Å²) in [6, 6.07) is 22.9. The van der Waals surface area contributed by atoms with Crippen LogP contribution in [-0.2, 0) is 0 Å². The molecule has 1 saturated heterocycles. The normalized spacial score (nSPS) is 13.8. The number of pyridine rings is 1. The van der Waals surface area contributed by atoms with Crippen LogP contribution in [0.4, 0.5) is 11.5 Å². The lowest BCUT2D eigenvalue weighted by Crippen LogP contribution is -2.33. The lowest BCUT2D eigenvalue weighted by Gasteiger charge is -2.26. The molecule has 6 rings (SSSR count). The molecule has 3 aromatic heterocycles. The largest absolute Gasteiger partial charge is 0.369 e. The molecular formula is C30H29N7OS. The third-order valence-electron chi connectivity index (χ3n) is 6.75. The Bertz CT molecular complexity index is 1550. The van der Waals surface area contributed by atoms with E-state index in [-0.39, 0.29) is 5.91 Å². The third kappa shape index (κ3) is 5.94. The second kappa shape index (κ2) is 11.7. The molecule has 0 saturated carbocycles. The van der Waals surface area contributed by atoms with Crippen LogP contribution in [0, 0.1) is 0 Å². The fourth-order valence-electron chi connectivity index (χ4n) is 4.75. The second-order valence-corrected chi connectivity index (χ2v) is 10.5. The lowest BCUT2D eigenvalue weighted by molar-refractivity contribution is 0.102. The fraction of sp³-hybridized carbons (Fsp3) is 0.233. The average molecular weight is 536 g/mol. The molecule has 0 bridgehead atoms. The predicted octanol–water partition coefficient (Wildman–Crippen LogP) is 5.97. The predicted molar refractivity (Wildman–Crippen MR) is 157 cm³/mol. The van der Waals surface area contributed by atoms with Crippen LogP contribution < -0.4 is 10.6 Å². The summed E-state index contributed by atoms with van der Waals surface area (Å²) < 4.78 is 0. The van der Waals surface area contributed by atoms with Gasteiger partial charge in [0, 0.05) is 36.5 Å². The smallest absolute Gasteiger partial charge is 0.274 e. The van der Waals surface area contributed by atoms with E-state index in [9.17, 15) is 4.79 Å². The van der Waals surface area contributed by atoms with E-state index in [2.05, 4.69) is 25.5 Å². The first-order chi connectivity index (χ1) is 19.2. The van der Waals surface area contributed by atoms with Crippen molar-refractivity contribution in [3.05, 3.63) is 84.7 Å². The van der Waals surface area contributed by atoms with Crippen molar-refractivity contribution in [1.82, 2.24) is 24.8 Å². The van der Waals surface area contributed by atoms with Gasteiger partial charge in [-0.2, -0.15) is 0 Å². The van der Waals surface area contributed by atoms with Gasteiger partial charge in [-0.05, 0) is 50.2 Å². The molecule has 2 aromatic carbocycles. The van der Waals surface area contributed by atoms with E-state index in [1.807, 2.05) is 66.7 Å². The number of hydrogen-bond donors (Lipinski definition) is 2. The summed E-state index contributed by atoms with van der Waals surface area (Å²) in [5, 5.41) is 7.29. The van der Waals surface area contributed by atoms with E-state index in [0.29, 0.717) is 23.0 Å². The molecule has 196 valence electrons. The first-order valence-corrected chi connectivity index (χ1v) is 14.1. The standard InChI is InChI=1S/C30H29N7OS/c38-28(34-23-13-6-5-12-22(23)29-35-24-14-9-15-32-30(24)39-29)25-20-26(31-16-19-37-17-7-2-8-18-37)36-27(33-25)21-10-3-1-4-11-21/h1,3-6,9-15,20H,2,7-8,16-19H2,(H,34,38)(H,31,33,36). The molecule has 0 aliphatic carbocycles. The Morgan fingerprint density at radius 2 is 1.72 bits per heavy atom. The molecule has 1 aliphatic rings. The summed E-state index contributed by atoms with van der Waals surface area (Å²) >= 11 is 1.50. The van der Waals surface area contributed by atoms with Gasteiger partial charge in [0.2, 0.25) is 0 Å². The van der Waals surface area contributed by atoms with Crippen molar-refractivity contribution >= 4 is 39.1 Å². The molecule has 39 heavy (non-hydrogen) atoms. The van der Waals surface area contributed by atoms with Gasteiger partial charge >= 0.3 is 0 Å². The number of hydrogen-bond acceptors (Lipinski definition) is 8. The number of carbonyl (C=O) groups is 1. The highest BCUT2D eigenvalue weighted by Gasteiger charge is 2.17. The van der Waals surface area contributed by atoms with E-state index in [1.54, 1.807) is 12.3 Å². The Hall–Kier alpha value is -4.21. The summed E-state index contributed by atoms with van der Waals surface area (Å²) in [6.07, 6.45) is 5.58. The van der Waals surface area contributed by atoms with Gasteiger partial charge in [0.15, 0.2) is 5.82 Å². The zero-order valence-corrected chi connectivity index (χ0v) is 22.3. The highest BCUT2D eigenvalue weighted by molar-refractivity contribution is 7.21. The summed E-state index contributed by atoms with van der Waals surface area (Å²) in [5.74, 6) is 0.839. The number of anilines is 2. The molecule has 1 amide bonds. The Morgan fingerprint density at radius 1 is 0.897 bits per heavy atom. The number of piperidine rings is 1. The van der Waals surface area contributed by atoms with Crippen molar-refractivity contribution in [3.63, 3.8) is 0 Å². The van der Waals surface area contributed by atoms with E-state index >= 15 is 0 Å². The Kier molecular flexibility index (Phi) is 7.51. The molecule has 4 heterocycles. The van der Waals surface area contributed by atoms with Gasteiger partial charge in [-0.15, -0.1) is 0 Å². The highest BCUT2D eigenvalue weighted by atomic mass is 32.1. The minimum absolute atomic E-state index is 0.296. The molecule has 5 aromatic rings. The van der Waals surface area contributed by atoms with Crippen LogP contribution in [0.25, 0.3) is 32.3 Å². The van der Waals surface area contributed by atoms with Crippen LogP contribution >= 0.6 is 11.3 Å². The minimum Gasteiger partial charge on any atom is -0.369 e. The molecule has 1 aliphatic heterocycles. The number of nitrogens with one attached hydrogen (secondary N) is 2. The molecule has 0 radical (unpaired) electrons. The zero-order chi connectivity index (χ0) is 26.4. The van der Waals surface area contributed by atoms with Crippen molar-refractivity contribution < 1.29 is 4.79 Å². The highest BCUT2D eigenvalue weighted by Crippen LogP contribution is 2.34. The molecule has 2 N–H and O–H groups in total. The number of benzene rings is 2. The number of thiazole rings is 1. The van der Waals surface area contributed by atoms with Gasteiger partial charge in [0.05, 0.1) is 5.69 Å². The molecule has 0 atom stereocenters. The van der Waals surface area contributed by atoms with Crippen LogP contribution in [0.1, 0.15) is 29.8 Å². The van der Waals surface area contributed by atoms with E-state index in [4.69, 9.17) is 9.97 Å². The molecule has 1 fully saturated rings. The first-order valence-electron chi connectivity index (χ1n) is 13.3. The summed E-state index contributed by atoms with van der Waals surface area (Å²) in [6.45, 7) is 3.97. The molecule has 9 heteroatoms. The van der Waals surface area contributed by atoms with E-state index < -0.39 is 0 Å². The first kappa shape index (κ1) is 25.1. The number of amides is 1. The summed E-state index contributed by atoms with van der Waals surface area (Å²) in [5.41, 5.74) is 3.49. The SMILES string of the molecule is O=C(Nc1ccccc1-c1nc2cccnc2s1)c1cc(NCCN2CCCCC2)nc(-c2ccccc2)n1. The van der Waals surface area contributed by atoms with Crippen LogP contribution in [0.15, 0.2) is 79.0 Å². The number of likely N-dealkylation sites (tertiary alicyclic amines) is 1. The van der Waals surface area contributed by atoms with Gasteiger partial charge < -0.3 is 15.5 Å². The second-order valence-electron chi connectivity index (χ2n) is 9.50. The summed E-state index contributed by atoms with van der Waals surface area (Å²) in [4.78, 5) is 35.4. The molecular weight excluding hydrogens is 506 g/mol. The third-order valence-corrected chi connectivity index (χ3v) is 7.76. The number of rotatable bonds is 8. The van der Waals surface area contributed by atoms with Crippen molar-refractivity contribution in [2.45, 2.75) is 19.3 Å². The van der Waals surface area contributed by atoms with Crippen molar-refractivity contribution in [3.8, 4) is 22.0 Å². The minimum atomic E-state index is -0.305. The number of nitrogens with zero attached hydrogens (tertiary/aromatic N) is 5. The summed E-state index contributed by atoms with van der Waals surface area (Å²) in [7, 11) is 0. The topological polar surface area (TPSA) is 95.9 Å². The maximum Gasteiger partial charge on any atom is 0.274 e. The van der Waals surface area contributed by atoms with Crippen LogP contribution in [0.2, 0.25) is 0 Å².